The molecule has 0 atom stereocenters. The van der Waals surface area contributed by atoms with Crippen LogP contribution in [0.3, 0.4) is 0 Å². The summed E-state index contributed by atoms with van der Waals surface area (Å²) in [4.78, 5) is 19.3. The number of ether oxygens (including phenoxy) is 1. The number of carbonyl (C=O) groups excluding carboxylic acids is 1. The van der Waals surface area contributed by atoms with Crippen LogP contribution in [-0.4, -0.2) is 15.9 Å². The van der Waals surface area contributed by atoms with E-state index in [1.54, 1.807) is 30.6 Å². The molecule has 0 aliphatic heterocycles. The molecule has 0 aliphatic rings. The van der Waals surface area contributed by atoms with E-state index in [1.165, 1.54) is 12.4 Å². The Morgan fingerprint density at radius 3 is 2.88 bits per heavy atom. The largest absolute Gasteiger partial charge is 0.457 e. The lowest BCUT2D eigenvalue weighted by atomic mass is 10.3. The van der Waals surface area contributed by atoms with Crippen LogP contribution in [0.25, 0.3) is 0 Å². The summed E-state index contributed by atoms with van der Waals surface area (Å²) in [6.07, 6.45) is 6.17. The van der Waals surface area contributed by atoms with Gasteiger partial charge in [-0.05, 0) is 18.2 Å². The van der Waals surface area contributed by atoms with Crippen molar-refractivity contribution in [3.8, 4) is 0 Å². The van der Waals surface area contributed by atoms with Gasteiger partial charge < -0.3 is 4.74 Å². The minimum Gasteiger partial charge on any atom is -0.457 e. The van der Waals surface area contributed by atoms with Crippen LogP contribution in [0, 0.1) is 0 Å². The molecule has 0 saturated carbocycles. The normalized spacial score (nSPS) is 9.94. The molecule has 0 spiro atoms. The van der Waals surface area contributed by atoms with Gasteiger partial charge >= 0.3 is 5.97 Å². The van der Waals surface area contributed by atoms with E-state index in [1.807, 2.05) is 0 Å². The Labute approximate surface area is 103 Å². The van der Waals surface area contributed by atoms with E-state index in [0.717, 1.165) is 5.56 Å². The first-order valence-electron chi connectivity index (χ1n) is 4.92. The zero-order chi connectivity index (χ0) is 12.1. The molecule has 17 heavy (non-hydrogen) atoms. The highest BCUT2D eigenvalue weighted by Crippen LogP contribution is 2.10. The van der Waals surface area contributed by atoms with Crippen LogP contribution in [0.1, 0.15) is 15.9 Å². The average Bonchev–Trinajstić information content (AvgIpc) is 2.37. The molecule has 4 nitrogen and oxygen atoms in total. The molecule has 0 aliphatic carbocycles. The fourth-order valence-electron chi connectivity index (χ4n) is 1.25. The molecule has 0 unspecified atom stereocenters. The number of halogens is 1. The lowest BCUT2D eigenvalue weighted by molar-refractivity contribution is 0.0472. The van der Waals surface area contributed by atoms with Gasteiger partial charge in [-0.2, -0.15) is 0 Å². The SMILES string of the molecule is O=C(OCc1cncc(Cl)c1)c1cccnc1. The predicted octanol–water partition coefficient (Wildman–Crippen LogP) is 2.49. The molecule has 2 heterocycles. The van der Waals surface area contributed by atoms with Crippen molar-refractivity contribution in [2.75, 3.05) is 0 Å². The van der Waals surface area contributed by atoms with Gasteiger partial charge in [0.15, 0.2) is 0 Å². The minimum atomic E-state index is -0.418. The average molecular weight is 249 g/mol. The zero-order valence-corrected chi connectivity index (χ0v) is 9.59. The number of aromatic nitrogens is 2. The monoisotopic (exact) mass is 248 g/mol. The summed E-state index contributed by atoms with van der Waals surface area (Å²) < 4.78 is 5.09. The Bertz CT molecular complexity index is 517. The Morgan fingerprint density at radius 1 is 1.29 bits per heavy atom. The molecule has 0 aromatic carbocycles. The van der Waals surface area contributed by atoms with Crippen molar-refractivity contribution in [3.05, 3.63) is 59.1 Å². The third kappa shape index (κ3) is 3.26. The van der Waals surface area contributed by atoms with Crippen molar-refractivity contribution in [1.82, 2.24) is 9.97 Å². The molecule has 0 N–H and O–H groups in total. The Morgan fingerprint density at radius 2 is 2.18 bits per heavy atom. The topological polar surface area (TPSA) is 52.1 Å². The van der Waals surface area contributed by atoms with Gasteiger partial charge in [-0.15, -0.1) is 0 Å². The maximum Gasteiger partial charge on any atom is 0.340 e. The summed E-state index contributed by atoms with van der Waals surface area (Å²) >= 11 is 5.76. The van der Waals surface area contributed by atoms with E-state index >= 15 is 0 Å². The van der Waals surface area contributed by atoms with Gasteiger partial charge in [-0.1, -0.05) is 11.6 Å². The van der Waals surface area contributed by atoms with Crippen LogP contribution in [0.2, 0.25) is 5.02 Å². The maximum absolute atomic E-state index is 11.6. The molecule has 0 fully saturated rings. The molecule has 0 radical (unpaired) electrons. The summed E-state index contributed by atoms with van der Waals surface area (Å²) in [6.45, 7) is 0.140. The molecule has 0 bridgehead atoms. The first kappa shape index (κ1) is 11.5. The van der Waals surface area contributed by atoms with Crippen LogP contribution in [-0.2, 0) is 11.3 Å². The summed E-state index contributed by atoms with van der Waals surface area (Å²) in [6, 6.07) is 5.02. The van der Waals surface area contributed by atoms with Gasteiger partial charge in [-0.25, -0.2) is 4.79 Å². The van der Waals surface area contributed by atoms with Gasteiger partial charge in [0.2, 0.25) is 0 Å². The Balaban J connectivity index is 1.97. The second-order valence-electron chi connectivity index (χ2n) is 3.33. The first-order chi connectivity index (χ1) is 8.25. The lowest BCUT2D eigenvalue weighted by Crippen LogP contribution is -2.05. The number of carbonyl (C=O) groups is 1. The second kappa shape index (κ2) is 5.41. The van der Waals surface area contributed by atoms with Crippen molar-refractivity contribution >= 4 is 17.6 Å². The number of hydrogen-bond acceptors (Lipinski definition) is 4. The molecule has 0 amide bonds. The molecule has 5 heteroatoms. The quantitative estimate of drug-likeness (QED) is 0.783. The lowest BCUT2D eigenvalue weighted by Gasteiger charge is -2.04. The summed E-state index contributed by atoms with van der Waals surface area (Å²) in [7, 11) is 0. The van der Waals surface area contributed by atoms with E-state index in [4.69, 9.17) is 16.3 Å². The van der Waals surface area contributed by atoms with E-state index < -0.39 is 5.97 Å². The molecule has 0 saturated heterocycles. The predicted molar refractivity (Wildman–Crippen MR) is 62.6 cm³/mol. The standard InChI is InChI=1S/C12H9ClN2O2/c13-11-4-9(5-15-7-11)8-17-12(16)10-2-1-3-14-6-10/h1-7H,8H2. The molecule has 86 valence electrons. The molecule has 2 aromatic rings. The summed E-state index contributed by atoms with van der Waals surface area (Å²) in [5, 5.41) is 0.514. The van der Waals surface area contributed by atoms with Crippen molar-refractivity contribution in [3.63, 3.8) is 0 Å². The molecular weight excluding hydrogens is 240 g/mol. The van der Waals surface area contributed by atoms with Gasteiger partial charge in [-0.3, -0.25) is 9.97 Å². The molecule has 2 rings (SSSR count). The van der Waals surface area contributed by atoms with Crippen LogP contribution >= 0.6 is 11.6 Å². The maximum atomic E-state index is 11.6. The van der Waals surface area contributed by atoms with Crippen molar-refractivity contribution in [1.29, 1.82) is 0 Å². The van der Waals surface area contributed by atoms with Crippen LogP contribution in [0.15, 0.2) is 43.0 Å². The van der Waals surface area contributed by atoms with E-state index in [-0.39, 0.29) is 6.61 Å². The third-order valence-corrected chi connectivity index (χ3v) is 2.24. The number of hydrogen-bond donors (Lipinski definition) is 0. The highest BCUT2D eigenvalue weighted by molar-refractivity contribution is 6.30. The third-order valence-electron chi connectivity index (χ3n) is 2.03. The highest BCUT2D eigenvalue weighted by atomic mass is 35.5. The van der Waals surface area contributed by atoms with Crippen molar-refractivity contribution in [2.24, 2.45) is 0 Å². The fraction of sp³-hybridized carbons (Fsp3) is 0.0833. The minimum absolute atomic E-state index is 0.140. The highest BCUT2D eigenvalue weighted by Gasteiger charge is 2.06. The van der Waals surface area contributed by atoms with Crippen LogP contribution in [0.5, 0.6) is 0 Å². The van der Waals surface area contributed by atoms with Gasteiger partial charge in [0, 0.05) is 30.4 Å². The van der Waals surface area contributed by atoms with Gasteiger partial charge in [0.1, 0.15) is 6.61 Å². The van der Waals surface area contributed by atoms with Gasteiger partial charge in [0.25, 0.3) is 0 Å². The van der Waals surface area contributed by atoms with Crippen molar-refractivity contribution in [2.45, 2.75) is 6.61 Å². The Kier molecular flexibility index (Phi) is 3.67. The van der Waals surface area contributed by atoms with Crippen molar-refractivity contribution < 1.29 is 9.53 Å². The fourth-order valence-corrected chi connectivity index (χ4v) is 1.45. The smallest absolute Gasteiger partial charge is 0.340 e. The van der Waals surface area contributed by atoms with Crippen LogP contribution in [0.4, 0.5) is 0 Å². The molecule has 2 aromatic heterocycles. The number of nitrogens with zero attached hydrogens (tertiary/aromatic N) is 2. The van der Waals surface area contributed by atoms with E-state index in [9.17, 15) is 4.79 Å². The Hall–Kier alpha value is -1.94. The van der Waals surface area contributed by atoms with Gasteiger partial charge in [0.05, 0.1) is 10.6 Å². The summed E-state index contributed by atoms with van der Waals surface area (Å²) in [5.41, 5.74) is 1.16. The summed E-state index contributed by atoms with van der Waals surface area (Å²) in [5.74, 6) is -0.418. The number of esters is 1. The van der Waals surface area contributed by atoms with E-state index in [0.29, 0.717) is 10.6 Å². The van der Waals surface area contributed by atoms with Crippen LogP contribution < -0.4 is 0 Å². The zero-order valence-electron chi connectivity index (χ0n) is 8.84. The second-order valence-corrected chi connectivity index (χ2v) is 3.77. The molecular formula is C12H9ClN2O2. The number of pyridine rings is 2. The number of rotatable bonds is 3. The first-order valence-corrected chi connectivity index (χ1v) is 5.30. The van der Waals surface area contributed by atoms with E-state index in [2.05, 4.69) is 9.97 Å².